The maximum atomic E-state index is 12.6. The number of hydrogen-bond donors (Lipinski definition) is 0. The summed E-state index contributed by atoms with van der Waals surface area (Å²) in [5.74, 6) is -0.286. The van der Waals surface area contributed by atoms with Gasteiger partial charge in [0.25, 0.3) is 5.91 Å². The minimum atomic E-state index is -3.76. The summed E-state index contributed by atoms with van der Waals surface area (Å²) < 4.78 is 27.2. The Hall–Kier alpha value is -1.83. The maximum absolute atomic E-state index is 12.6. The molecule has 1 unspecified atom stereocenters. The van der Waals surface area contributed by atoms with Gasteiger partial charge in [0, 0.05) is 11.9 Å². The first kappa shape index (κ1) is 17.0. The fourth-order valence-electron chi connectivity index (χ4n) is 2.59. The molecule has 1 saturated heterocycles. The van der Waals surface area contributed by atoms with Crippen molar-refractivity contribution < 1.29 is 13.2 Å². The third-order valence-corrected chi connectivity index (χ3v) is 6.98. The Morgan fingerprint density at radius 1 is 1.00 bits per heavy atom. The quantitative estimate of drug-likeness (QED) is 0.766. The van der Waals surface area contributed by atoms with Gasteiger partial charge in [0.1, 0.15) is 6.04 Å². The Labute approximate surface area is 146 Å². The summed E-state index contributed by atoms with van der Waals surface area (Å²) in [7, 11) is -2.29. The van der Waals surface area contributed by atoms with E-state index >= 15 is 0 Å². The zero-order chi connectivity index (χ0) is 17.2. The lowest BCUT2D eigenvalue weighted by Crippen LogP contribution is -2.33. The molecule has 1 aliphatic rings. The van der Waals surface area contributed by atoms with Gasteiger partial charge in [-0.25, -0.2) is 4.31 Å². The molecule has 2 aromatic rings. The number of carbonyl (C=O) groups excluding carboxylic acids is 1. The molecule has 0 spiro atoms. The first-order valence-electron chi connectivity index (χ1n) is 7.51. The molecule has 126 valence electrons. The first-order chi connectivity index (χ1) is 11.5. The van der Waals surface area contributed by atoms with Crippen LogP contribution in [0, 0.1) is 0 Å². The highest BCUT2D eigenvalue weighted by Crippen LogP contribution is 2.28. The summed E-state index contributed by atoms with van der Waals surface area (Å²) in [6.07, 6.45) is 0.377. The van der Waals surface area contributed by atoms with E-state index in [0.29, 0.717) is 6.42 Å². The molecule has 1 atom stereocenters. The second kappa shape index (κ2) is 6.96. The first-order valence-corrected chi connectivity index (χ1v) is 9.90. The molecule has 0 N–H and O–H groups in total. The Morgan fingerprint density at radius 2 is 1.58 bits per heavy atom. The van der Waals surface area contributed by atoms with Gasteiger partial charge in [-0.05, 0) is 24.1 Å². The molecule has 5 nitrogen and oxygen atoms in total. The molecule has 1 fully saturated rings. The minimum absolute atomic E-state index is 0.0841. The fourth-order valence-corrected chi connectivity index (χ4v) is 5.17. The SMILES string of the molecule is CN1C(Cc2ccccc2)C(=O)N(CSc2ccccc2)S1(=O)=O. The third kappa shape index (κ3) is 3.33. The van der Waals surface area contributed by atoms with Gasteiger partial charge < -0.3 is 0 Å². The van der Waals surface area contributed by atoms with Crippen LogP contribution in [0.25, 0.3) is 0 Å². The lowest BCUT2D eigenvalue weighted by atomic mass is 10.1. The van der Waals surface area contributed by atoms with Crippen molar-refractivity contribution in [2.45, 2.75) is 17.4 Å². The van der Waals surface area contributed by atoms with E-state index in [9.17, 15) is 13.2 Å². The lowest BCUT2D eigenvalue weighted by molar-refractivity contribution is -0.127. The number of thioether (sulfide) groups is 1. The van der Waals surface area contributed by atoms with E-state index in [4.69, 9.17) is 0 Å². The Morgan fingerprint density at radius 3 is 2.21 bits per heavy atom. The standard InChI is InChI=1S/C17H18N2O3S2/c1-18-16(12-14-8-4-2-5-9-14)17(20)19(24(18,21)22)13-23-15-10-6-3-7-11-15/h2-11,16H,12-13H2,1H3. The van der Waals surface area contributed by atoms with Crippen LogP contribution in [0.5, 0.6) is 0 Å². The van der Waals surface area contributed by atoms with Crippen LogP contribution >= 0.6 is 11.8 Å². The Bertz CT molecular complexity index is 810. The van der Waals surface area contributed by atoms with E-state index in [-0.39, 0.29) is 11.8 Å². The highest BCUT2D eigenvalue weighted by atomic mass is 32.2. The largest absolute Gasteiger partial charge is 0.307 e. The summed E-state index contributed by atoms with van der Waals surface area (Å²) >= 11 is 1.33. The second-order valence-electron chi connectivity index (χ2n) is 5.50. The van der Waals surface area contributed by atoms with Crippen molar-refractivity contribution in [1.82, 2.24) is 8.61 Å². The van der Waals surface area contributed by atoms with Gasteiger partial charge >= 0.3 is 10.2 Å². The van der Waals surface area contributed by atoms with Crippen LogP contribution in [0.15, 0.2) is 65.6 Å². The third-order valence-electron chi connectivity index (χ3n) is 3.98. The van der Waals surface area contributed by atoms with E-state index in [1.165, 1.54) is 23.1 Å². The molecule has 0 aromatic heterocycles. The average Bonchev–Trinajstić information content (AvgIpc) is 2.75. The van der Waals surface area contributed by atoms with Gasteiger partial charge in [0.15, 0.2) is 0 Å². The molecule has 2 aromatic carbocycles. The monoisotopic (exact) mass is 362 g/mol. The number of rotatable bonds is 5. The van der Waals surface area contributed by atoms with Crippen molar-refractivity contribution in [2.75, 3.05) is 12.9 Å². The van der Waals surface area contributed by atoms with Crippen LogP contribution in [0.3, 0.4) is 0 Å². The number of amides is 1. The van der Waals surface area contributed by atoms with E-state index < -0.39 is 16.3 Å². The molecular weight excluding hydrogens is 344 g/mol. The second-order valence-corrected chi connectivity index (χ2v) is 8.43. The number of carbonyl (C=O) groups is 1. The van der Waals surface area contributed by atoms with Crippen molar-refractivity contribution in [3.63, 3.8) is 0 Å². The number of nitrogens with zero attached hydrogens (tertiary/aromatic N) is 2. The maximum Gasteiger partial charge on any atom is 0.307 e. The molecule has 0 bridgehead atoms. The predicted octanol–water partition coefficient (Wildman–Crippen LogP) is 2.37. The average molecular weight is 362 g/mol. The molecule has 0 radical (unpaired) electrons. The number of benzene rings is 2. The summed E-state index contributed by atoms with van der Waals surface area (Å²) in [5.41, 5.74) is 0.940. The van der Waals surface area contributed by atoms with Crippen LogP contribution in [0.2, 0.25) is 0 Å². The van der Waals surface area contributed by atoms with Crippen LogP contribution in [-0.2, 0) is 21.4 Å². The predicted molar refractivity (Wildman–Crippen MR) is 94.6 cm³/mol. The molecule has 7 heteroatoms. The van der Waals surface area contributed by atoms with Gasteiger partial charge in [-0.15, -0.1) is 11.8 Å². The molecule has 24 heavy (non-hydrogen) atoms. The van der Waals surface area contributed by atoms with E-state index in [1.54, 1.807) is 0 Å². The molecule has 0 saturated carbocycles. The van der Waals surface area contributed by atoms with Gasteiger partial charge in [0.2, 0.25) is 0 Å². The summed E-state index contributed by atoms with van der Waals surface area (Å²) in [6, 6.07) is 18.2. The number of hydrogen-bond acceptors (Lipinski definition) is 4. The van der Waals surface area contributed by atoms with Crippen molar-refractivity contribution in [3.05, 3.63) is 66.2 Å². The van der Waals surface area contributed by atoms with Crippen molar-refractivity contribution in [3.8, 4) is 0 Å². The van der Waals surface area contributed by atoms with Gasteiger partial charge in [-0.3, -0.25) is 4.79 Å². The van der Waals surface area contributed by atoms with Crippen LogP contribution in [0.1, 0.15) is 5.56 Å². The van der Waals surface area contributed by atoms with Gasteiger partial charge in [-0.1, -0.05) is 48.5 Å². The molecule has 1 aliphatic heterocycles. The zero-order valence-corrected chi connectivity index (χ0v) is 14.8. The van der Waals surface area contributed by atoms with Crippen LogP contribution < -0.4 is 0 Å². The lowest BCUT2D eigenvalue weighted by Gasteiger charge is -2.15. The smallest absolute Gasteiger partial charge is 0.272 e. The minimum Gasteiger partial charge on any atom is -0.272 e. The van der Waals surface area contributed by atoms with Crippen LogP contribution in [0.4, 0.5) is 0 Å². The van der Waals surface area contributed by atoms with Crippen molar-refractivity contribution >= 4 is 27.9 Å². The summed E-state index contributed by atoms with van der Waals surface area (Å²) in [5, 5.41) is 0. The van der Waals surface area contributed by atoms with E-state index in [1.807, 2.05) is 60.7 Å². The zero-order valence-electron chi connectivity index (χ0n) is 13.2. The molecule has 1 amide bonds. The van der Waals surface area contributed by atoms with Crippen molar-refractivity contribution in [2.24, 2.45) is 0 Å². The topological polar surface area (TPSA) is 57.7 Å². The molecule has 1 heterocycles. The molecule has 0 aliphatic carbocycles. The van der Waals surface area contributed by atoms with E-state index in [0.717, 1.165) is 14.8 Å². The molecular formula is C17H18N2O3S2. The van der Waals surface area contributed by atoms with Crippen molar-refractivity contribution in [1.29, 1.82) is 0 Å². The fraction of sp³-hybridized carbons (Fsp3) is 0.235. The van der Waals surface area contributed by atoms with Gasteiger partial charge in [0.05, 0.1) is 5.88 Å². The Balaban J connectivity index is 1.76. The highest BCUT2D eigenvalue weighted by molar-refractivity contribution is 8.00. The highest BCUT2D eigenvalue weighted by Gasteiger charge is 2.48. The summed E-state index contributed by atoms with van der Waals surface area (Å²) in [6.45, 7) is 0. The van der Waals surface area contributed by atoms with Gasteiger partial charge in [-0.2, -0.15) is 12.7 Å². The Kier molecular flexibility index (Phi) is 4.93. The molecule has 3 rings (SSSR count). The van der Waals surface area contributed by atoms with E-state index in [2.05, 4.69) is 0 Å². The summed E-state index contributed by atoms with van der Waals surface area (Å²) in [4.78, 5) is 13.6. The van der Waals surface area contributed by atoms with Crippen LogP contribution in [-0.4, -0.2) is 41.9 Å². The number of likely N-dealkylation sites (N-methyl/N-ethyl adjacent to an activating group) is 1. The normalized spacial score (nSPS) is 20.5.